The highest BCUT2D eigenvalue weighted by Gasteiger charge is 2.03. The van der Waals surface area contributed by atoms with E-state index in [1.54, 1.807) is 0 Å². The first kappa shape index (κ1) is 15.2. The molecule has 0 atom stereocenters. The first-order chi connectivity index (χ1) is 10.2. The van der Waals surface area contributed by atoms with Crippen molar-refractivity contribution in [2.45, 2.75) is 19.8 Å². The van der Waals surface area contributed by atoms with Crippen LogP contribution in [0.3, 0.4) is 0 Å². The zero-order valence-corrected chi connectivity index (χ0v) is 12.9. The van der Waals surface area contributed by atoms with Gasteiger partial charge in [-0.15, -0.1) is 0 Å². The largest absolute Gasteiger partial charge is 0.492 e. The summed E-state index contributed by atoms with van der Waals surface area (Å²) >= 11 is 0. The summed E-state index contributed by atoms with van der Waals surface area (Å²) in [7, 11) is 2.13. The molecule has 2 N–H and O–H groups in total. The molecule has 0 unspecified atom stereocenters. The van der Waals surface area contributed by atoms with Gasteiger partial charge in [0.25, 0.3) is 0 Å². The summed E-state index contributed by atoms with van der Waals surface area (Å²) in [5.74, 6) is 0.780. The number of anilines is 2. The van der Waals surface area contributed by atoms with E-state index in [0.717, 1.165) is 30.8 Å². The van der Waals surface area contributed by atoms with Crippen molar-refractivity contribution in [1.29, 1.82) is 0 Å². The molecule has 0 aromatic heterocycles. The van der Waals surface area contributed by atoms with E-state index in [1.807, 2.05) is 25.1 Å². The van der Waals surface area contributed by atoms with Crippen LogP contribution in [-0.2, 0) is 6.42 Å². The number of rotatable bonds is 7. The molecule has 0 aliphatic carbocycles. The van der Waals surface area contributed by atoms with Gasteiger partial charge in [0.1, 0.15) is 5.75 Å². The Kier molecular flexibility index (Phi) is 5.50. The molecule has 2 rings (SSSR count). The molecule has 0 saturated carbocycles. The van der Waals surface area contributed by atoms with Crippen LogP contribution in [0.25, 0.3) is 0 Å². The third kappa shape index (κ3) is 4.42. The molecule has 0 heterocycles. The van der Waals surface area contributed by atoms with Crippen LogP contribution in [0.5, 0.6) is 5.75 Å². The fourth-order valence-electron chi connectivity index (χ4n) is 2.37. The Balaban J connectivity index is 1.85. The molecular formula is C18H24N2O. The van der Waals surface area contributed by atoms with E-state index in [2.05, 4.69) is 42.3 Å². The maximum atomic E-state index is 5.99. The van der Waals surface area contributed by atoms with Gasteiger partial charge in [-0.3, -0.25) is 0 Å². The Labute approximate surface area is 127 Å². The van der Waals surface area contributed by atoms with Crippen molar-refractivity contribution in [3.05, 3.63) is 54.1 Å². The van der Waals surface area contributed by atoms with Crippen molar-refractivity contribution in [3.63, 3.8) is 0 Å². The second-order valence-electron chi connectivity index (χ2n) is 5.17. The molecule has 0 spiro atoms. The second-order valence-corrected chi connectivity index (χ2v) is 5.17. The van der Waals surface area contributed by atoms with Gasteiger partial charge in [0, 0.05) is 19.3 Å². The number of aryl methyl sites for hydroxylation is 1. The summed E-state index contributed by atoms with van der Waals surface area (Å²) in [6.07, 6.45) is 2.12. The van der Waals surface area contributed by atoms with Crippen LogP contribution in [0.2, 0.25) is 0 Å². The molecule has 0 amide bonds. The van der Waals surface area contributed by atoms with E-state index in [0.29, 0.717) is 6.61 Å². The number of nitrogens with zero attached hydrogens (tertiary/aromatic N) is 1. The molecule has 2 aromatic carbocycles. The van der Waals surface area contributed by atoms with E-state index in [9.17, 15) is 0 Å². The third-order valence-corrected chi connectivity index (χ3v) is 3.53. The van der Waals surface area contributed by atoms with E-state index >= 15 is 0 Å². The van der Waals surface area contributed by atoms with Gasteiger partial charge < -0.3 is 15.4 Å². The smallest absolute Gasteiger partial charge is 0.142 e. The van der Waals surface area contributed by atoms with Crippen LogP contribution in [0.1, 0.15) is 18.9 Å². The van der Waals surface area contributed by atoms with E-state index in [4.69, 9.17) is 10.5 Å². The number of hydrogen-bond donors (Lipinski definition) is 1. The summed E-state index contributed by atoms with van der Waals surface area (Å²) in [6, 6.07) is 16.5. The van der Waals surface area contributed by atoms with Crippen molar-refractivity contribution in [3.8, 4) is 5.75 Å². The van der Waals surface area contributed by atoms with Crippen LogP contribution in [0.4, 0.5) is 11.4 Å². The molecule has 2 aromatic rings. The van der Waals surface area contributed by atoms with Crippen LogP contribution in [-0.4, -0.2) is 20.2 Å². The maximum absolute atomic E-state index is 5.99. The van der Waals surface area contributed by atoms with E-state index < -0.39 is 0 Å². The highest BCUT2D eigenvalue weighted by molar-refractivity contribution is 5.54. The van der Waals surface area contributed by atoms with Gasteiger partial charge in [0.2, 0.25) is 0 Å². The Morgan fingerprint density at radius 1 is 1.10 bits per heavy atom. The van der Waals surface area contributed by atoms with Crippen LogP contribution < -0.4 is 15.4 Å². The van der Waals surface area contributed by atoms with Gasteiger partial charge >= 0.3 is 0 Å². The first-order valence-electron chi connectivity index (χ1n) is 7.48. The van der Waals surface area contributed by atoms with Crippen LogP contribution in [0.15, 0.2) is 48.5 Å². The molecule has 0 radical (unpaired) electrons. The monoisotopic (exact) mass is 284 g/mol. The Bertz CT molecular complexity index is 554. The Morgan fingerprint density at radius 2 is 1.86 bits per heavy atom. The Hall–Kier alpha value is -2.16. The normalized spacial score (nSPS) is 10.4. The van der Waals surface area contributed by atoms with Crippen LogP contribution in [0, 0.1) is 0 Å². The lowest BCUT2D eigenvalue weighted by atomic mass is 10.1. The molecule has 3 heteroatoms. The number of para-hydroxylation sites is 1. The first-order valence-corrected chi connectivity index (χ1v) is 7.48. The molecule has 112 valence electrons. The zero-order chi connectivity index (χ0) is 15.1. The highest BCUT2D eigenvalue weighted by atomic mass is 16.5. The molecule has 21 heavy (non-hydrogen) atoms. The minimum atomic E-state index is 0.644. The van der Waals surface area contributed by atoms with Crippen molar-refractivity contribution in [2.75, 3.05) is 30.8 Å². The average Bonchev–Trinajstić information content (AvgIpc) is 2.51. The average molecular weight is 284 g/mol. The quantitative estimate of drug-likeness (QED) is 0.787. The second kappa shape index (κ2) is 7.58. The molecule has 0 aliphatic rings. The number of hydrogen-bond acceptors (Lipinski definition) is 3. The summed E-state index contributed by atoms with van der Waals surface area (Å²) in [5, 5.41) is 0. The summed E-state index contributed by atoms with van der Waals surface area (Å²) in [4.78, 5) is 2.28. The highest BCUT2D eigenvalue weighted by Crippen LogP contribution is 2.23. The van der Waals surface area contributed by atoms with Gasteiger partial charge in [-0.1, -0.05) is 24.3 Å². The standard InChI is InChI=1S/C18H24N2O/c1-3-21-18-12-11-15(14-17(18)19)8-7-13-20(2)16-9-5-4-6-10-16/h4-6,9-12,14H,3,7-8,13,19H2,1-2H3. The van der Waals surface area contributed by atoms with Gasteiger partial charge in [-0.05, 0) is 49.6 Å². The van der Waals surface area contributed by atoms with Crippen LogP contribution >= 0.6 is 0 Å². The lowest BCUT2D eigenvalue weighted by Gasteiger charge is -2.19. The number of benzene rings is 2. The fraction of sp³-hybridized carbons (Fsp3) is 0.333. The SMILES string of the molecule is CCOc1ccc(CCCN(C)c2ccccc2)cc1N. The predicted molar refractivity (Wildman–Crippen MR) is 90.1 cm³/mol. The third-order valence-electron chi connectivity index (χ3n) is 3.53. The summed E-state index contributed by atoms with van der Waals surface area (Å²) in [6.45, 7) is 3.63. The fourth-order valence-corrected chi connectivity index (χ4v) is 2.37. The zero-order valence-electron chi connectivity index (χ0n) is 12.9. The maximum Gasteiger partial charge on any atom is 0.142 e. The lowest BCUT2D eigenvalue weighted by molar-refractivity contribution is 0.342. The summed E-state index contributed by atoms with van der Waals surface area (Å²) < 4.78 is 5.46. The topological polar surface area (TPSA) is 38.5 Å². The van der Waals surface area contributed by atoms with Crippen molar-refractivity contribution in [2.24, 2.45) is 0 Å². The van der Waals surface area contributed by atoms with Gasteiger partial charge in [-0.2, -0.15) is 0 Å². The summed E-state index contributed by atoms with van der Waals surface area (Å²) in [5.41, 5.74) is 9.24. The molecule has 0 saturated heterocycles. The van der Waals surface area contributed by atoms with Gasteiger partial charge in [-0.25, -0.2) is 0 Å². The van der Waals surface area contributed by atoms with Gasteiger partial charge in [0.05, 0.1) is 12.3 Å². The van der Waals surface area contributed by atoms with E-state index in [-0.39, 0.29) is 0 Å². The lowest BCUT2D eigenvalue weighted by Crippen LogP contribution is -2.18. The molecule has 0 fully saturated rings. The number of ether oxygens (including phenoxy) is 1. The minimum absolute atomic E-state index is 0.644. The molecular weight excluding hydrogens is 260 g/mol. The van der Waals surface area contributed by atoms with Crippen molar-refractivity contribution in [1.82, 2.24) is 0 Å². The molecule has 0 bridgehead atoms. The van der Waals surface area contributed by atoms with E-state index in [1.165, 1.54) is 11.3 Å². The number of nitrogen functional groups attached to an aromatic ring is 1. The van der Waals surface area contributed by atoms with Gasteiger partial charge in [0.15, 0.2) is 0 Å². The van der Waals surface area contributed by atoms with Crippen molar-refractivity contribution >= 4 is 11.4 Å². The molecule has 0 aliphatic heterocycles. The number of nitrogens with two attached hydrogens (primary N) is 1. The predicted octanol–water partition coefficient (Wildman–Crippen LogP) is 3.74. The minimum Gasteiger partial charge on any atom is -0.492 e. The molecule has 3 nitrogen and oxygen atoms in total. The Morgan fingerprint density at radius 3 is 2.52 bits per heavy atom. The van der Waals surface area contributed by atoms with Crippen molar-refractivity contribution < 1.29 is 4.74 Å².